The molecule has 1 N–H and O–H groups in total. The van der Waals surface area contributed by atoms with Gasteiger partial charge in [0, 0.05) is 16.8 Å². The number of halogens is 1. The summed E-state index contributed by atoms with van der Waals surface area (Å²) in [5.74, 6) is -0.388. The molecule has 3 nitrogen and oxygen atoms in total. The summed E-state index contributed by atoms with van der Waals surface area (Å²) in [5.41, 5.74) is 5.75. The molecule has 1 aromatic heterocycles. The second-order valence-electron chi connectivity index (χ2n) is 7.45. The van der Waals surface area contributed by atoms with E-state index in [0.29, 0.717) is 5.56 Å². The zero-order chi connectivity index (χ0) is 20.4. The molecule has 1 aliphatic rings. The van der Waals surface area contributed by atoms with Crippen molar-refractivity contribution in [1.82, 2.24) is 0 Å². The number of aliphatic imine (C=N–C) groups is 1. The molecule has 0 aliphatic heterocycles. The largest absolute Gasteiger partial charge is 0.322 e. The van der Waals surface area contributed by atoms with Gasteiger partial charge in [0.25, 0.3) is 5.91 Å². The number of carbonyl (C=O) groups excluding carboxylic acids is 1. The highest BCUT2D eigenvalue weighted by atomic mass is 32.1. The third kappa shape index (κ3) is 4.30. The third-order valence-electron chi connectivity index (χ3n) is 5.35. The molecule has 0 bridgehead atoms. The Hall–Kier alpha value is -2.79. The maximum atomic E-state index is 13.2. The maximum absolute atomic E-state index is 13.2. The van der Waals surface area contributed by atoms with Crippen LogP contribution in [-0.2, 0) is 12.8 Å². The smallest absolute Gasteiger partial charge is 0.259 e. The normalized spacial score (nSPS) is 13.5. The zero-order valence-electron chi connectivity index (χ0n) is 16.6. The molecule has 0 radical (unpaired) electrons. The van der Waals surface area contributed by atoms with Gasteiger partial charge in [0.05, 0.1) is 5.56 Å². The van der Waals surface area contributed by atoms with Crippen LogP contribution >= 0.6 is 11.3 Å². The van der Waals surface area contributed by atoms with E-state index in [2.05, 4.69) is 17.2 Å². The lowest BCUT2D eigenvalue weighted by Gasteiger charge is -2.13. The van der Waals surface area contributed by atoms with Crippen molar-refractivity contribution < 1.29 is 9.18 Å². The standard InChI is InChI=1S/C24H23FN2OS/c1-15-7-12-19(13-16(15)2)27-23(28)22-20-5-3-4-6-21(20)29-24(22)26-14-17-8-10-18(25)11-9-17/h7-14H,3-6H2,1-2H3,(H,27,28). The van der Waals surface area contributed by atoms with E-state index in [1.807, 2.05) is 25.1 Å². The van der Waals surface area contributed by atoms with Gasteiger partial charge in [-0.25, -0.2) is 9.38 Å². The number of hydrogen-bond donors (Lipinski definition) is 1. The molecule has 1 aliphatic carbocycles. The second kappa shape index (κ2) is 8.29. The van der Waals surface area contributed by atoms with Crippen LogP contribution < -0.4 is 5.32 Å². The van der Waals surface area contributed by atoms with E-state index < -0.39 is 0 Å². The predicted octanol–water partition coefficient (Wildman–Crippen LogP) is 6.39. The monoisotopic (exact) mass is 406 g/mol. The number of aryl methyl sites for hydroxylation is 3. The number of carbonyl (C=O) groups is 1. The quantitative estimate of drug-likeness (QED) is 0.502. The molecule has 0 unspecified atom stereocenters. The molecule has 0 saturated carbocycles. The maximum Gasteiger partial charge on any atom is 0.259 e. The van der Waals surface area contributed by atoms with Crippen molar-refractivity contribution in [2.45, 2.75) is 39.5 Å². The molecule has 0 fully saturated rings. The van der Waals surface area contributed by atoms with E-state index in [9.17, 15) is 9.18 Å². The summed E-state index contributed by atoms with van der Waals surface area (Å²) in [6.45, 7) is 4.09. The fourth-order valence-electron chi connectivity index (χ4n) is 3.57. The van der Waals surface area contributed by atoms with E-state index in [-0.39, 0.29) is 11.7 Å². The minimum atomic E-state index is -0.276. The molecule has 3 aromatic rings. The highest BCUT2D eigenvalue weighted by molar-refractivity contribution is 7.16. The minimum absolute atomic E-state index is 0.112. The number of nitrogens with zero attached hydrogens (tertiary/aromatic N) is 1. The molecule has 1 heterocycles. The van der Waals surface area contributed by atoms with E-state index in [1.54, 1.807) is 29.7 Å². The van der Waals surface area contributed by atoms with Gasteiger partial charge in [-0.05, 0) is 86.1 Å². The summed E-state index contributed by atoms with van der Waals surface area (Å²) in [6.07, 6.45) is 5.84. The Balaban J connectivity index is 1.67. The molecule has 0 spiro atoms. The number of anilines is 1. The van der Waals surface area contributed by atoms with Gasteiger partial charge < -0.3 is 5.32 Å². The Morgan fingerprint density at radius 2 is 1.83 bits per heavy atom. The molecule has 5 heteroatoms. The first kappa shape index (κ1) is 19.5. The topological polar surface area (TPSA) is 41.5 Å². The summed E-state index contributed by atoms with van der Waals surface area (Å²) in [7, 11) is 0. The van der Waals surface area contributed by atoms with Gasteiger partial charge in [0.15, 0.2) is 0 Å². The summed E-state index contributed by atoms with van der Waals surface area (Å²) in [4.78, 5) is 19.1. The van der Waals surface area contributed by atoms with Crippen molar-refractivity contribution in [1.29, 1.82) is 0 Å². The fourth-order valence-corrected chi connectivity index (χ4v) is 4.80. The summed E-state index contributed by atoms with van der Waals surface area (Å²) >= 11 is 1.60. The average Bonchev–Trinajstić information content (AvgIpc) is 3.09. The van der Waals surface area contributed by atoms with Gasteiger partial charge in [-0.3, -0.25) is 4.79 Å². The molecule has 0 saturated heterocycles. The zero-order valence-corrected chi connectivity index (χ0v) is 17.4. The van der Waals surface area contributed by atoms with Crippen LogP contribution in [0.1, 0.15) is 50.3 Å². The van der Waals surface area contributed by atoms with Crippen LogP contribution in [0.3, 0.4) is 0 Å². The lowest BCUT2D eigenvalue weighted by atomic mass is 9.95. The predicted molar refractivity (Wildman–Crippen MR) is 118 cm³/mol. The van der Waals surface area contributed by atoms with Crippen LogP contribution in [0.15, 0.2) is 47.5 Å². The van der Waals surface area contributed by atoms with Crippen LogP contribution in [0, 0.1) is 19.7 Å². The number of hydrogen-bond acceptors (Lipinski definition) is 3. The average molecular weight is 407 g/mol. The van der Waals surface area contributed by atoms with Gasteiger partial charge >= 0.3 is 0 Å². The van der Waals surface area contributed by atoms with E-state index in [1.165, 1.54) is 22.6 Å². The Bertz CT molecular complexity index is 1080. The van der Waals surface area contributed by atoms with Crippen molar-refractivity contribution in [3.8, 4) is 0 Å². The van der Waals surface area contributed by atoms with Crippen LogP contribution in [0.5, 0.6) is 0 Å². The molecule has 0 atom stereocenters. The Kier molecular flexibility index (Phi) is 5.58. The Morgan fingerprint density at radius 3 is 2.59 bits per heavy atom. The molecular formula is C24H23FN2OS. The van der Waals surface area contributed by atoms with Crippen molar-refractivity contribution in [2.75, 3.05) is 5.32 Å². The lowest BCUT2D eigenvalue weighted by Crippen LogP contribution is -2.15. The molecule has 148 valence electrons. The van der Waals surface area contributed by atoms with Gasteiger partial charge in [0.2, 0.25) is 0 Å². The fraction of sp³-hybridized carbons (Fsp3) is 0.250. The third-order valence-corrected chi connectivity index (χ3v) is 6.55. The van der Waals surface area contributed by atoms with Gasteiger partial charge in [-0.2, -0.15) is 0 Å². The first-order valence-corrected chi connectivity index (χ1v) is 10.7. The van der Waals surface area contributed by atoms with Gasteiger partial charge in [0.1, 0.15) is 10.8 Å². The first-order valence-electron chi connectivity index (χ1n) is 9.84. The Morgan fingerprint density at radius 1 is 1.07 bits per heavy atom. The lowest BCUT2D eigenvalue weighted by molar-refractivity contribution is 0.102. The van der Waals surface area contributed by atoms with Gasteiger partial charge in [-0.1, -0.05) is 18.2 Å². The van der Waals surface area contributed by atoms with Crippen molar-refractivity contribution >= 4 is 34.1 Å². The number of benzene rings is 2. The number of rotatable bonds is 4. The second-order valence-corrected chi connectivity index (χ2v) is 8.54. The number of nitrogens with one attached hydrogen (secondary N) is 1. The number of fused-ring (bicyclic) bond motifs is 1. The molecular weight excluding hydrogens is 383 g/mol. The summed E-state index contributed by atoms with van der Waals surface area (Å²) in [6, 6.07) is 12.1. The van der Waals surface area contributed by atoms with Crippen LogP contribution in [0.25, 0.3) is 0 Å². The van der Waals surface area contributed by atoms with E-state index in [0.717, 1.165) is 53.1 Å². The minimum Gasteiger partial charge on any atom is -0.322 e. The Labute approximate surface area is 174 Å². The van der Waals surface area contributed by atoms with Crippen molar-refractivity contribution in [3.05, 3.63) is 81.0 Å². The molecule has 2 aromatic carbocycles. The molecule has 29 heavy (non-hydrogen) atoms. The first-order chi connectivity index (χ1) is 14.0. The van der Waals surface area contributed by atoms with Crippen molar-refractivity contribution in [3.63, 3.8) is 0 Å². The molecule has 1 amide bonds. The van der Waals surface area contributed by atoms with Crippen LogP contribution in [0.2, 0.25) is 0 Å². The van der Waals surface area contributed by atoms with E-state index in [4.69, 9.17) is 0 Å². The van der Waals surface area contributed by atoms with Crippen molar-refractivity contribution in [2.24, 2.45) is 4.99 Å². The number of thiophene rings is 1. The highest BCUT2D eigenvalue weighted by Gasteiger charge is 2.25. The van der Waals surface area contributed by atoms with Crippen LogP contribution in [-0.4, -0.2) is 12.1 Å². The summed E-state index contributed by atoms with van der Waals surface area (Å²) < 4.78 is 13.1. The SMILES string of the molecule is Cc1ccc(NC(=O)c2c(N=Cc3ccc(F)cc3)sc3c2CCCC3)cc1C. The molecule has 4 rings (SSSR count). The van der Waals surface area contributed by atoms with Gasteiger partial charge in [-0.15, -0.1) is 11.3 Å². The highest BCUT2D eigenvalue weighted by Crippen LogP contribution is 2.40. The summed E-state index contributed by atoms with van der Waals surface area (Å²) in [5, 5.41) is 3.78. The van der Waals surface area contributed by atoms with E-state index >= 15 is 0 Å². The van der Waals surface area contributed by atoms with Crippen LogP contribution in [0.4, 0.5) is 15.1 Å². The number of amides is 1.